The summed E-state index contributed by atoms with van der Waals surface area (Å²) in [5, 5.41) is 2.93. The van der Waals surface area contributed by atoms with E-state index in [1.54, 1.807) is 29.5 Å². The molecule has 0 radical (unpaired) electrons. The number of aromatic amines is 2. The lowest BCUT2D eigenvalue weighted by atomic mass is 10.1. The van der Waals surface area contributed by atoms with Crippen LogP contribution in [0.1, 0.15) is 5.01 Å². The van der Waals surface area contributed by atoms with Gasteiger partial charge in [-0.15, -0.1) is 11.3 Å². The highest BCUT2D eigenvalue weighted by Crippen LogP contribution is 2.24. The number of nitrogens with zero attached hydrogens (tertiary/aromatic N) is 1. The molecule has 0 fully saturated rings. The fourth-order valence-corrected chi connectivity index (χ4v) is 4.30. The van der Waals surface area contributed by atoms with Gasteiger partial charge < -0.3 is 9.97 Å². The monoisotopic (exact) mass is 386 g/mol. The topological polar surface area (TPSA) is 108 Å². The average molecular weight is 386 g/mol. The second-order valence-corrected chi connectivity index (χ2v) is 8.47. The molecule has 26 heavy (non-hydrogen) atoms. The molecule has 0 unspecified atom stereocenters. The molecule has 7 nitrogen and oxygen atoms in total. The van der Waals surface area contributed by atoms with Gasteiger partial charge in [0.05, 0.1) is 26.6 Å². The lowest BCUT2D eigenvalue weighted by Gasteiger charge is -2.08. The average Bonchev–Trinajstić information content (AvgIpc) is 3.19. The minimum absolute atomic E-state index is 0.0689. The quantitative estimate of drug-likeness (QED) is 0.501. The molecule has 2 aromatic heterocycles. The summed E-state index contributed by atoms with van der Waals surface area (Å²) in [4.78, 5) is 20.9. The van der Waals surface area contributed by atoms with Crippen LogP contribution in [0.4, 0.5) is 5.69 Å². The van der Waals surface area contributed by atoms with E-state index in [0.29, 0.717) is 16.7 Å². The first-order chi connectivity index (χ1) is 12.4. The molecule has 0 aliphatic carbocycles. The van der Waals surface area contributed by atoms with Crippen LogP contribution < -0.4 is 10.4 Å². The fourth-order valence-electron chi connectivity index (χ4n) is 2.60. The van der Waals surface area contributed by atoms with Gasteiger partial charge in [0.2, 0.25) is 0 Å². The number of nitrogens with one attached hydrogen (secondary N) is 3. The van der Waals surface area contributed by atoms with Crippen molar-refractivity contribution in [3.8, 4) is 11.3 Å². The highest BCUT2D eigenvalue weighted by Gasteiger charge is 2.15. The number of benzene rings is 2. The van der Waals surface area contributed by atoms with E-state index >= 15 is 0 Å². The number of hydrogen-bond acceptors (Lipinski definition) is 5. The van der Waals surface area contributed by atoms with Crippen LogP contribution in [0.15, 0.2) is 57.5 Å². The van der Waals surface area contributed by atoms with E-state index < -0.39 is 10.0 Å². The number of fused-ring (bicyclic) bond motifs is 1. The van der Waals surface area contributed by atoms with Crippen LogP contribution in [0.2, 0.25) is 0 Å². The summed E-state index contributed by atoms with van der Waals surface area (Å²) in [5.74, 6) is 0. The molecular formula is C17H14N4O3S2. The molecule has 0 bridgehead atoms. The standard InChI is InChI=1S/C17H14N4O3S2/c1-10-18-16(9-25-10)11-2-4-12(5-3-11)21-26(23,24)13-6-7-14-15(8-13)20-17(22)19-14/h2-9,21H,1H3,(H2,19,20,22). The zero-order valence-electron chi connectivity index (χ0n) is 13.6. The molecule has 4 aromatic rings. The Morgan fingerprint density at radius 2 is 1.77 bits per heavy atom. The first-order valence-electron chi connectivity index (χ1n) is 7.68. The highest BCUT2D eigenvalue weighted by atomic mass is 32.2. The van der Waals surface area contributed by atoms with Crippen molar-refractivity contribution >= 4 is 38.1 Å². The molecule has 0 amide bonds. The molecule has 3 N–H and O–H groups in total. The van der Waals surface area contributed by atoms with Gasteiger partial charge >= 0.3 is 5.69 Å². The molecule has 4 rings (SSSR count). The zero-order chi connectivity index (χ0) is 18.3. The van der Waals surface area contributed by atoms with Crippen LogP contribution in [0.25, 0.3) is 22.3 Å². The third kappa shape index (κ3) is 3.14. The lowest BCUT2D eigenvalue weighted by Crippen LogP contribution is -2.12. The van der Waals surface area contributed by atoms with Crippen molar-refractivity contribution in [2.24, 2.45) is 0 Å². The van der Waals surface area contributed by atoms with E-state index in [-0.39, 0.29) is 10.6 Å². The summed E-state index contributed by atoms with van der Waals surface area (Å²) < 4.78 is 27.7. The van der Waals surface area contributed by atoms with Crippen molar-refractivity contribution in [3.05, 3.63) is 63.3 Å². The molecule has 132 valence electrons. The van der Waals surface area contributed by atoms with Gasteiger partial charge in [0, 0.05) is 16.6 Å². The Hall–Kier alpha value is -2.91. The fraction of sp³-hybridized carbons (Fsp3) is 0.0588. The van der Waals surface area contributed by atoms with E-state index in [1.807, 2.05) is 24.4 Å². The number of imidazole rings is 1. The molecular weight excluding hydrogens is 372 g/mol. The van der Waals surface area contributed by atoms with Crippen LogP contribution in [0.5, 0.6) is 0 Å². The largest absolute Gasteiger partial charge is 0.323 e. The van der Waals surface area contributed by atoms with E-state index in [1.165, 1.54) is 12.1 Å². The number of thiazole rings is 1. The lowest BCUT2D eigenvalue weighted by molar-refractivity contribution is 0.601. The molecule has 2 aromatic carbocycles. The van der Waals surface area contributed by atoms with E-state index in [9.17, 15) is 13.2 Å². The van der Waals surface area contributed by atoms with Gasteiger partial charge in [-0.05, 0) is 37.3 Å². The van der Waals surface area contributed by atoms with E-state index in [4.69, 9.17) is 0 Å². The van der Waals surface area contributed by atoms with E-state index in [0.717, 1.165) is 16.3 Å². The summed E-state index contributed by atoms with van der Waals surface area (Å²) in [6, 6.07) is 11.4. The van der Waals surface area contributed by atoms with Gasteiger partial charge in [-0.25, -0.2) is 18.2 Å². The Morgan fingerprint density at radius 1 is 1.04 bits per heavy atom. The number of aryl methyl sites for hydroxylation is 1. The van der Waals surface area contributed by atoms with Crippen LogP contribution in [-0.2, 0) is 10.0 Å². The summed E-state index contributed by atoms with van der Waals surface area (Å²) in [6.45, 7) is 1.94. The van der Waals surface area contributed by atoms with Crippen molar-refractivity contribution in [2.45, 2.75) is 11.8 Å². The third-order valence-corrected chi connectivity index (χ3v) is 6.00. The Balaban J connectivity index is 1.61. The van der Waals surface area contributed by atoms with Crippen molar-refractivity contribution in [1.82, 2.24) is 15.0 Å². The summed E-state index contributed by atoms with van der Waals surface area (Å²) in [7, 11) is -3.77. The second-order valence-electron chi connectivity index (χ2n) is 5.72. The molecule has 2 heterocycles. The highest BCUT2D eigenvalue weighted by molar-refractivity contribution is 7.92. The predicted octanol–water partition coefficient (Wildman–Crippen LogP) is 3.09. The Kier molecular flexibility index (Phi) is 3.89. The zero-order valence-corrected chi connectivity index (χ0v) is 15.2. The van der Waals surface area contributed by atoms with Gasteiger partial charge in [0.25, 0.3) is 10.0 Å². The maximum Gasteiger partial charge on any atom is 0.323 e. The van der Waals surface area contributed by atoms with Crippen LogP contribution in [0, 0.1) is 6.92 Å². The molecule has 0 saturated carbocycles. The van der Waals surface area contributed by atoms with Crippen molar-refractivity contribution in [3.63, 3.8) is 0 Å². The van der Waals surface area contributed by atoms with Crippen LogP contribution in [-0.4, -0.2) is 23.4 Å². The molecule has 9 heteroatoms. The summed E-state index contributed by atoms with van der Waals surface area (Å²) in [5.41, 5.74) is 2.84. The smallest absolute Gasteiger partial charge is 0.306 e. The van der Waals surface area contributed by atoms with Gasteiger partial charge in [0.15, 0.2) is 0 Å². The SMILES string of the molecule is Cc1nc(-c2ccc(NS(=O)(=O)c3ccc4[nH]c(=O)[nH]c4c3)cc2)cs1. The number of H-pyrrole nitrogens is 2. The Morgan fingerprint density at radius 3 is 2.46 bits per heavy atom. The molecule has 0 spiro atoms. The molecule has 0 saturated heterocycles. The Bertz CT molecular complexity index is 1250. The van der Waals surface area contributed by atoms with E-state index in [2.05, 4.69) is 19.7 Å². The summed E-state index contributed by atoms with van der Waals surface area (Å²) >= 11 is 1.56. The van der Waals surface area contributed by atoms with Gasteiger partial charge in [-0.2, -0.15) is 0 Å². The van der Waals surface area contributed by atoms with Crippen molar-refractivity contribution in [2.75, 3.05) is 4.72 Å². The van der Waals surface area contributed by atoms with Gasteiger partial charge in [-0.3, -0.25) is 4.72 Å². The number of hydrogen-bond donors (Lipinski definition) is 3. The van der Waals surface area contributed by atoms with Gasteiger partial charge in [-0.1, -0.05) is 12.1 Å². The van der Waals surface area contributed by atoms with Crippen LogP contribution in [0.3, 0.4) is 0 Å². The molecule has 0 atom stereocenters. The first kappa shape index (κ1) is 16.6. The number of anilines is 1. The van der Waals surface area contributed by atoms with Crippen molar-refractivity contribution in [1.29, 1.82) is 0 Å². The number of aromatic nitrogens is 3. The third-order valence-electron chi connectivity index (χ3n) is 3.85. The van der Waals surface area contributed by atoms with Crippen LogP contribution >= 0.6 is 11.3 Å². The number of sulfonamides is 1. The second kappa shape index (κ2) is 6.11. The Labute approximate surface area is 152 Å². The minimum Gasteiger partial charge on any atom is -0.306 e. The maximum atomic E-state index is 12.6. The van der Waals surface area contributed by atoms with Crippen molar-refractivity contribution < 1.29 is 8.42 Å². The normalized spacial score (nSPS) is 11.7. The minimum atomic E-state index is -3.77. The number of rotatable bonds is 4. The van der Waals surface area contributed by atoms with Gasteiger partial charge in [0.1, 0.15) is 0 Å². The predicted molar refractivity (Wildman–Crippen MR) is 102 cm³/mol. The first-order valence-corrected chi connectivity index (χ1v) is 10.0. The summed E-state index contributed by atoms with van der Waals surface area (Å²) in [6.07, 6.45) is 0. The maximum absolute atomic E-state index is 12.6. The molecule has 0 aliphatic heterocycles. The molecule has 0 aliphatic rings.